The van der Waals surface area contributed by atoms with Crippen LogP contribution < -0.4 is 4.90 Å². The first-order chi connectivity index (χ1) is 25.6. The van der Waals surface area contributed by atoms with Gasteiger partial charge in [0.05, 0.1) is 11.1 Å². The predicted molar refractivity (Wildman–Crippen MR) is 221 cm³/mol. The van der Waals surface area contributed by atoms with Gasteiger partial charge in [-0.05, 0) is 97.6 Å². The minimum Gasteiger partial charge on any atom is -0.455 e. The normalized spacial score (nSPS) is 16.2. The van der Waals surface area contributed by atoms with Crippen molar-refractivity contribution in [3.05, 3.63) is 173 Å². The average Bonchev–Trinajstić information content (AvgIpc) is 3.81. The molecule has 1 heterocycles. The van der Waals surface area contributed by atoms with E-state index in [4.69, 9.17) is 4.42 Å². The Bertz CT molecular complexity index is 2770. The highest BCUT2D eigenvalue weighted by atomic mass is 16.3. The van der Waals surface area contributed by atoms with Crippen molar-refractivity contribution in [2.75, 3.05) is 4.90 Å². The Morgan fingerprint density at radius 1 is 0.415 bits per heavy atom. The van der Waals surface area contributed by atoms with Gasteiger partial charge in [0.25, 0.3) is 0 Å². The first kappa shape index (κ1) is 30.7. The summed E-state index contributed by atoms with van der Waals surface area (Å²) < 4.78 is 6.98. The molecule has 53 heavy (non-hydrogen) atoms. The molecule has 0 atom stereocenters. The van der Waals surface area contributed by atoms with Crippen molar-refractivity contribution in [1.29, 1.82) is 0 Å². The fourth-order valence-electron chi connectivity index (χ4n) is 10.3. The maximum Gasteiger partial charge on any atom is 0.145 e. The van der Waals surface area contributed by atoms with E-state index in [1.54, 1.807) is 0 Å². The number of fused-ring (bicyclic) bond motifs is 13. The van der Waals surface area contributed by atoms with Gasteiger partial charge in [-0.15, -0.1) is 0 Å². The molecule has 0 aliphatic heterocycles. The first-order valence-corrected chi connectivity index (χ1v) is 18.9. The molecule has 2 nitrogen and oxygen atoms in total. The third-order valence-electron chi connectivity index (χ3n) is 13.1. The van der Waals surface area contributed by atoms with Gasteiger partial charge < -0.3 is 9.32 Å². The summed E-state index contributed by atoms with van der Waals surface area (Å²) in [6.45, 7) is 14.2. The van der Waals surface area contributed by atoms with E-state index >= 15 is 0 Å². The first-order valence-electron chi connectivity index (χ1n) is 18.9. The number of hydrogen-bond donors (Lipinski definition) is 0. The zero-order chi connectivity index (χ0) is 36.0. The van der Waals surface area contributed by atoms with E-state index in [2.05, 4.69) is 186 Å². The Labute approximate surface area is 311 Å². The molecule has 11 rings (SSSR count). The Morgan fingerprint density at radius 2 is 0.868 bits per heavy atom. The minimum atomic E-state index is -0.206. The van der Waals surface area contributed by atoms with Crippen molar-refractivity contribution in [1.82, 2.24) is 0 Å². The Balaban J connectivity index is 1.24. The maximum atomic E-state index is 6.98. The van der Waals surface area contributed by atoms with Crippen LogP contribution in [0.25, 0.3) is 55.3 Å². The molecule has 1 aromatic heterocycles. The van der Waals surface area contributed by atoms with Crippen LogP contribution in [-0.2, 0) is 16.2 Å². The van der Waals surface area contributed by atoms with Gasteiger partial charge in [0.15, 0.2) is 0 Å². The second-order valence-electron chi connectivity index (χ2n) is 16.9. The molecule has 2 heteroatoms. The molecule has 3 aliphatic carbocycles. The van der Waals surface area contributed by atoms with Gasteiger partial charge >= 0.3 is 0 Å². The van der Waals surface area contributed by atoms with Crippen LogP contribution in [0.4, 0.5) is 17.1 Å². The average molecular weight is 684 g/mol. The molecule has 0 bridgehead atoms. The van der Waals surface area contributed by atoms with Crippen LogP contribution in [0, 0.1) is 0 Å². The summed E-state index contributed by atoms with van der Waals surface area (Å²) in [7, 11) is 0. The zero-order valence-electron chi connectivity index (χ0n) is 31.1. The number of hydrogen-bond acceptors (Lipinski definition) is 2. The molecule has 8 aromatic rings. The SMILES string of the molecule is CC1(C)c2ccccc2-c2ccc(N(c3ccc4c(c3)C(C)(C)c3ccccc3-4)c3cc4c(c5oc6ccccc6c35)-c3ccccc3C4(C)C)cc21. The van der Waals surface area contributed by atoms with Crippen LogP contribution in [0.1, 0.15) is 74.9 Å². The van der Waals surface area contributed by atoms with Crippen LogP contribution in [0.5, 0.6) is 0 Å². The molecule has 7 aromatic carbocycles. The van der Waals surface area contributed by atoms with Crippen molar-refractivity contribution in [3.63, 3.8) is 0 Å². The van der Waals surface area contributed by atoms with E-state index in [1.165, 1.54) is 66.8 Å². The molecular weight excluding hydrogens is 643 g/mol. The topological polar surface area (TPSA) is 16.4 Å². The van der Waals surface area contributed by atoms with Crippen molar-refractivity contribution >= 4 is 39.0 Å². The molecule has 3 aliphatic rings. The molecule has 0 amide bonds. The standard InChI is InChI=1S/C51H41NO/c1-49(2)38-19-11-7-15-32(38)34-25-23-30(27-41(34)49)52(31-24-26-35-33-16-8-12-20-39(33)50(3,4)42(35)28-31)44-29-43-46(36-17-9-13-21-40(36)51(43,5)6)48-47(44)37-18-10-14-22-45(37)53-48/h7-29H,1-6H3. The van der Waals surface area contributed by atoms with Crippen LogP contribution in [0.2, 0.25) is 0 Å². The smallest absolute Gasteiger partial charge is 0.145 e. The van der Waals surface area contributed by atoms with Crippen LogP contribution >= 0.6 is 0 Å². The van der Waals surface area contributed by atoms with Gasteiger partial charge in [-0.3, -0.25) is 0 Å². The number of para-hydroxylation sites is 1. The van der Waals surface area contributed by atoms with E-state index in [0.717, 1.165) is 39.0 Å². The van der Waals surface area contributed by atoms with E-state index < -0.39 is 0 Å². The summed E-state index contributed by atoms with van der Waals surface area (Å²) in [5, 5.41) is 2.29. The van der Waals surface area contributed by atoms with Crippen molar-refractivity contribution in [3.8, 4) is 33.4 Å². The third kappa shape index (κ3) is 3.88. The fourth-order valence-corrected chi connectivity index (χ4v) is 10.3. The van der Waals surface area contributed by atoms with Crippen LogP contribution in [-0.4, -0.2) is 0 Å². The summed E-state index contributed by atoms with van der Waals surface area (Å²) in [6, 6.07) is 52.1. The Kier molecular flexibility index (Phi) is 5.90. The molecule has 0 saturated carbocycles. The molecule has 0 fully saturated rings. The highest BCUT2D eigenvalue weighted by Gasteiger charge is 2.41. The van der Waals surface area contributed by atoms with Crippen molar-refractivity contribution in [2.45, 2.75) is 57.8 Å². The van der Waals surface area contributed by atoms with Gasteiger partial charge in [0.1, 0.15) is 11.2 Å². The van der Waals surface area contributed by atoms with E-state index in [0.29, 0.717) is 0 Å². The molecule has 0 unspecified atom stereocenters. The predicted octanol–water partition coefficient (Wildman–Crippen LogP) is 14.0. The second-order valence-corrected chi connectivity index (χ2v) is 16.9. The van der Waals surface area contributed by atoms with Gasteiger partial charge in [-0.25, -0.2) is 0 Å². The molecule has 0 radical (unpaired) electrons. The zero-order valence-corrected chi connectivity index (χ0v) is 31.1. The summed E-state index contributed by atoms with van der Waals surface area (Å²) >= 11 is 0. The van der Waals surface area contributed by atoms with Gasteiger partial charge in [-0.1, -0.05) is 145 Å². The van der Waals surface area contributed by atoms with E-state index in [1.807, 2.05) is 0 Å². The van der Waals surface area contributed by atoms with E-state index in [9.17, 15) is 0 Å². The number of rotatable bonds is 3. The summed E-state index contributed by atoms with van der Waals surface area (Å²) in [5.74, 6) is 0. The third-order valence-corrected chi connectivity index (χ3v) is 13.1. The Hall–Kier alpha value is -5.86. The van der Waals surface area contributed by atoms with Gasteiger partial charge in [0.2, 0.25) is 0 Å². The Morgan fingerprint density at radius 3 is 1.45 bits per heavy atom. The number of benzene rings is 7. The van der Waals surface area contributed by atoms with E-state index in [-0.39, 0.29) is 16.2 Å². The lowest BCUT2D eigenvalue weighted by molar-refractivity contribution is 0.653. The number of nitrogens with zero attached hydrogens (tertiary/aromatic N) is 1. The molecular formula is C51H41NO. The molecule has 256 valence electrons. The summed E-state index contributed by atoms with van der Waals surface area (Å²) in [4.78, 5) is 2.53. The molecule has 0 saturated heterocycles. The van der Waals surface area contributed by atoms with Crippen LogP contribution in [0.15, 0.2) is 144 Å². The van der Waals surface area contributed by atoms with Crippen molar-refractivity contribution < 1.29 is 4.42 Å². The lowest BCUT2D eigenvalue weighted by Gasteiger charge is -2.31. The highest BCUT2D eigenvalue weighted by Crippen LogP contribution is 2.58. The van der Waals surface area contributed by atoms with Crippen molar-refractivity contribution in [2.24, 2.45) is 0 Å². The summed E-state index contributed by atoms with van der Waals surface area (Å²) in [5.41, 5.74) is 20.8. The van der Waals surface area contributed by atoms with Gasteiger partial charge in [-0.2, -0.15) is 0 Å². The second kappa shape index (κ2) is 10.2. The highest BCUT2D eigenvalue weighted by molar-refractivity contribution is 6.19. The van der Waals surface area contributed by atoms with Gasteiger partial charge in [0, 0.05) is 38.6 Å². The number of anilines is 3. The minimum absolute atomic E-state index is 0.131. The maximum absolute atomic E-state index is 6.98. The quantitative estimate of drug-likeness (QED) is 0.184. The number of furan rings is 1. The van der Waals surface area contributed by atoms with Crippen LogP contribution in [0.3, 0.4) is 0 Å². The molecule has 0 spiro atoms. The lowest BCUT2D eigenvalue weighted by Crippen LogP contribution is -2.19. The lowest BCUT2D eigenvalue weighted by atomic mass is 9.81. The molecule has 0 N–H and O–H groups in total. The fraction of sp³-hybridized carbons (Fsp3) is 0.176. The monoisotopic (exact) mass is 683 g/mol. The largest absolute Gasteiger partial charge is 0.455 e. The summed E-state index contributed by atoms with van der Waals surface area (Å²) in [6.07, 6.45) is 0.